The summed E-state index contributed by atoms with van der Waals surface area (Å²) in [4.78, 5) is 14.5. The van der Waals surface area contributed by atoms with Crippen LogP contribution in [0.25, 0.3) is 0 Å². The van der Waals surface area contributed by atoms with Gasteiger partial charge in [0.1, 0.15) is 5.82 Å². The lowest BCUT2D eigenvalue weighted by Crippen LogP contribution is -2.37. The van der Waals surface area contributed by atoms with Crippen molar-refractivity contribution in [2.24, 2.45) is 0 Å². The Hall–Kier alpha value is -2.68. The maximum absolute atomic E-state index is 14.0. The fourth-order valence-electron chi connectivity index (χ4n) is 2.73. The van der Waals surface area contributed by atoms with Gasteiger partial charge in [0, 0.05) is 21.9 Å². The first-order valence-electron chi connectivity index (χ1n) is 9.13. The third-order valence-corrected chi connectivity index (χ3v) is 6.51. The zero-order chi connectivity index (χ0) is 21.6. The van der Waals surface area contributed by atoms with Crippen LogP contribution in [-0.2, 0) is 21.4 Å². The fraction of sp³-hybridized carbons (Fsp3) is 0.136. The molecule has 3 rings (SSSR count). The highest BCUT2D eigenvalue weighted by atomic mass is 32.2. The summed E-state index contributed by atoms with van der Waals surface area (Å²) in [5.41, 5.74) is 0.784. The second kappa shape index (κ2) is 9.88. The molecule has 0 aliphatic heterocycles. The summed E-state index contributed by atoms with van der Waals surface area (Å²) in [6.07, 6.45) is 1.00. The van der Waals surface area contributed by atoms with Crippen LogP contribution in [0.3, 0.4) is 0 Å². The average molecular weight is 445 g/mol. The highest BCUT2D eigenvalue weighted by Gasteiger charge is 2.22. The van der Waals surface area contributed by atoms with Gasteiger partial charge in [-0.3, -0.25) is 4.79 Å². The fourth-order valence-corrected chi connectivity index (χ4v) is 4.38. The average Bonchev–Trinajstić information content (AvgIpc) is 2.70. The first-order valence-corrected chi connectivity index (χ1v) is 11.8. The number of hydrogen-bond acceptors (Lipinski definition) is 4. The van der Waals surface area contributed by atoms with Crippen LogP contribution in [0, 0.1) is 5.82 Å². The Morgan fingerprint density at radius 1 is 0.967 bits per heavy atom. The Morgan fingerprint density at radius 3 is 2.30 bits per heavy atom. The second-order valence-corrected chi connectivity index (χ2v) is 9.68. The summed E-state index contributed by atoms with van der Waals surface area (Å²) in [6.45, 7) is -0.642. The van der Waals surface area contributed by atoms with Crippen molar-refractivity contribution in [2.75, 3.05) is 18.1 Å². The van der Waals surface area contributed by atoms with Gasteiger partial charge in [-0.25, -0.2) is 12.8 Å². The second-order valence-electron chi connectivity index (χ2n) is 6.58. The normalized spacial score (nSPS) is 11.4. The lowest BCUT2D eigenvalue weighted by atomic mass is 10.2. The van der Waals surface area contributed by atoms with Crippen molar-refractivity contribution in [3.05, 3.63) is 90.2 Å². The zero-order valence-corrected chi connectivity index (χ0v) is 17.9. The highest BCUT2D eigenvalue weighted by Crippen LogP contribution is 2.33. The number of hydrogen-bond donors (Lipinski definition) is 1. The molecule has 0 aliphatic carbocycles. The van der Waals surface area contributed by atoms with Crippen molar-refractivity contribution in [1.82, 2.24) is 4.31 Å². The predicted octanol–water partition coefficient (Wildman–Crippen LogP) is 4.38. The van der Waals surface area contributed by atoms with E-state index in [1.54, 1.807) is 18.2 Å². The minimum Gasteiger partial charge on any atom is -0.324 e. The third-order valence-electron chi connectivity index (χ3n) is 4.23. The highest BCUT2D eigenvalue weighted by molar-refractivity contribution is 7.99. The van der Waals surface area contributed by atoms with Gasteiger partial charge in [0.25, 0.3) is 0 Å². The van der Waals surface area contributed by atoms with Crippen LogP contribution in [0.2, 0.25) is 0 Å². The van der Waals surface area contributed by atoms with E-state index in [1.807, 2.05) is 42.5 Å². The van der Waals surface area contributed by atoms with Crippen molar-refractivity contribution in [3.63, 3.8) is 0 Å². The van der Waals surface area contributed by atoms with Crippen LogP contribution in [0.1, 0.15) is 5.56 Å². The molecule has 0 fully saturated rings. The van der Waals surface area contributed by atoms with Gasteiger partial charge < -0.3 is 5.32 Å². The maximum atomic E-state index is 14.0. The Morgan fingerprint density at radius 2 is 1.60 bits per heavy atom. The number of sulfonamides is 1. The van der Waals surface area contributed by atoms with E-state index in [1.165, 1.54) is 30.0 Å². The molecular weight excluding hydrogens is 423 g/mol. The SMILES string of the molecule is CS(=O)(=O)N(CC(=O)Nc1ccccc1Sc1ccccc1)Cc1ccccc1F. The summed E-state index contributed by atoms with van der Waals surface area (Å²) in [5.74, 6) is -1.02. The van der Waals surface area contributed by atoms with Gasteiger partial charge in [0.15, 0.2) is 0 Å². The van der Waals surface area contributed by atoms with E-state index in [4.69, 9.17) is 0 Å². The number of carbonyl (C=O) groups is 1. The largest absolute Gasteiger partial charge is 0.324 e. The molecule has 156 valence electrons. The molecule has 0 heterocycles. The van der Waals surface area contributed by atoms with E-state index in [0.717, 1.165) is 20.4 Å². The van der Waals surface area contributed by atoms with E-state index >= 15 is 0 Å². The number of carbonyl (C=O) groups excluding carboxylic acids is 1. The first kappa shape index (κ1) is 22.0. The van der Waals surface area contributed by atoms with Crippen molar-refractivity contribution >= 4 is 33.4 Å². The Labute approximate surface area is 180 Å². The summed E-state index contributed by atoms with van der Waals surface area (Å²) in [5, 5.41) is 2.77. The Bertz CT molecular complexity index is 1120. The van der Waals surface area contributed by atoms with E-state index < -0.39 is 28.3 Å². The molecule has 1 N–H and O–H groups in total. The number of halogens is 1. The van der Waals surface area contributed by atoms with E-state index in [0.29, 0.717) is 5.69 Å². The molecular formula is C22H21FN2O3S2. The summed E-state index contributed by atoms with van der Waals surface area (Å²) in [7, 11) is -3.73. The van der Waals surface area contributed by atoms with Crippen molar-refractivity contribution in [2.45, 2.75) is 16.3 Å². The van der Waals surface area contributed by atoms with Gasteiger partial charge in [-0.1, -0.05) is 60.3 Å². The summed E-state index contributed by atoms with van der Waals surface area (Å²) < 4.78 is 39.2. The van der Waals surface area contributed by atoms with Crippen molar-refractivity contribution in [3.8, 4) is 0 Å². The molecule has 0 aliphatic rings. The Balaban J connectivity index is 1.74. The first-order chi connectivity index (χ1) is 14.3. The number of para-hydroxylation sites is 1. The van der Waals surface area contributed by atoms with Crippen LogP contribution in [0.5, 0.6) is 0 Å². The van der Waals surface area contributed by atoms with E-state index in [-0.39, 0.29) is 12.1 Å². The third kappa shape index (κ3) is 6.16. The van der Waals surface area contributed by atoms with E-state index in [2.05, 4.69) is 5.32 Å². The number of anilines is 1. The van der Waals surface area contributed by atoms with Crippen LogP contribution >= 0.6 is 11.8 Å². The van der Waals surface area contributed by atoms with Gasteiger partial charge >= 0.3 is 0 Å². The molecule has 5 nitrogen and oxygen atoms in total. The molecule has 3 aromatic rings. The molecule has 0 saturated carbocycles. The number of amides is 1. The molecule has 3 aromatic carbocycles. The molecule has 0 radical (unpaired) electrons. The Kier molecular flexibility index (Phi) is 7.25. The van der Waals surface area contributed by atoms with Gasteiger partial charge in [-0.15, -0.1) is 0 Å². The standard InChI is InChI=1S/C22H21FN2O3S2/c1-30(27,28)25(15-17-9-5-6-12-19(17)23)16-22(26)24-20-13-7-8-14-21(20)29-18-10-3-2-4-11-18/h2-14H,15-16H2,1H3,(H,24,26). The molecule has 0 unspecified atom stereocenters. The van der Waals surface area contributed by atoms with Crippen LogP contribution in [-0.4, -0.2) is 31.4 Å². The van der Waals surface area contributed by atoms with Crippen LogP contribution in [0.15, 0.2) is 88.7 Å². The lowest BCUT2D eigenvalue weighted by molar-refractivity contribution is -0.116. The zero-order valence-electron chi connectivity index (χ0n) is 16.3. The van der Waals surface area contributed by atoms with Gasteiger partial charge in [0.2, 0.25) is 15.9 Å². The van der Waals surface area contributed by atoms with Gasteiger partial charge in [-0.05, 0) is 30.3 Å². The van der Waals surface area contributed by atoms with Gasteiger partial charge in [0.05, 0.1) is 18.5 Å². The number of benzene rings is 3. The number of nitrogens with one attached hydrogen (secondary N) is 1. The molecule has 0 atom stereocenters. The quantitative estimate of drug-likeness (QED) is 0.560. The van der Waals surface area contributed by atoms with Crippen LogP contribution in [0.4, 0.5) is 10.1 Å². The maximum Gasteiger partial charge on any atom is 0.239 e. The molecule has 1 amide bonds. The molecule has 0 bridgehead atoms. The predicted molar refractivity (Wildman–Crippen MR) is 117 cm³/mol. The summed E-state index contributed by atoms with van der Waals surface area (Å²) >= 11 is 1.49. The smallest absolute Gasteiger partial charge is 0.239 e. The molecule has 0 saturated heterocycles. The van der Waals surface area contributed by atoms with Crippen LogP contribution < -0.4 is 5.32 Å². The topological polar surface area (TPSA) is 66.5 Å². The van der Waals surface area contributed by atoms with Crippen molar-refractivity contribution < 1.29 is 17.6 Å². The molecule has 0 aromatic heterocycles. The van der Waals surface area contributed by atoms with E-state index in [9.17, 15) is 17.6 Å². The summed E-state index contributed by atoms with van der Waals surface area (Å²) in [6, 6.07) is 22.9. The lowest BCUT2D eigenvalue weighted by Gasteiger charge is -2.20. The minimum absolute atomic E-state index is 0.204. The monoisotopic (exact) mass is 444 g/mol. The number of rotatable bonds is 8. The minimum atomic E-state index is -3.73. The van der Waals surface area contributed by atoms with Crippen molar-refractivity contribution in [1.29, 1.82) is 0 Å². The van der Waals surface area contributed by atoms with Gasteiger partial charge in [-0.2, -0.15) is 4.31 Å². The molecule has 30 heavy (non-hydrogen) atoms. The number of nitrogens with zero attached hydrogens (tertiary/aromatic N) is 1. The molecule has 0 spiro atoms. The molecule has 8 heteroatoms.